The number of carbonyl (C=O) groups is 2. The summed E-state index contributed by atoms with van der Waals surface area (Å²) in [6.45, 7) is 1.58. The maximum atomic E-state index is 12.5. The van der Waals surface area contributed by atoms with Crippen molar-refractivity contribution in [1.29, 1.82) is 0 Å². The van der Waals surface area contributed by atoms with Crippen LogP contribution in [0.25, 0.3) is 11.1 Å². The number of fused-ring (bicyclic) bond motifs is 3. The molecule has 0 aromatic heterocycles. The smallest absolute Gasteiger partial charge is 0.407 e. The van der Waals surface area contributed by atoms with Gasteiger partial charge in [-0.1, -0.05) is 78.9 Å². The maximum absolute atomic E-state index is 12.5. The first-order valence-electron chi connectivity index (χ1n) is 10.5. The zero-order chi connectivity index (χ0) is 22.5. The number of esters is 1. The third-order valence-electron chi connectivity index (χ3n) is 5.58. The largest absolute Gasteiger partial charge is 0.459 e. The van der Waals surface area contributed by atoms with E-state index in [9.17, 15) is 14.7 Å². The molecule has 6 heteroatoms. The Labute approximate surface area is 186 Å². The standard InChI is InChI=1S/C26H25NO5/c1-17(28)24(25(29)31-15-18-9-3-2-4-10-18)27-26(30)32-16-23-21-13-7-5-11-19(21)20-12-6-8-14-22(20)23/h2-14,17,23-24,28H,15-16H2,1H3,(H,27,30). The average Bonchev–Trinajstić information content (AvgIpc) is 3.14. The number of aliphatic hydroxyl groups is 1. The second kappa shape index (κ2) is 9.66. The van der Waals surface area contributed by atoms with Gasteiger partial charge in [0.2, 0.25) is 0 Å². The van der Waals surface area contributed by atoms with Gasteiger partial charge in [0.05, 0.1) is 6.10 Å². The first-order chi connectivity index (χ1) is 15.5. The van der Waals surface area contributed by atoms with Gasteiger partial charge in [-0.15, -0.1) is 0 Å². The Morgan fingerprint density at radius 3 is 2.03 bits per heavy atom. The molecule has 32 heavy (non-hydrogen) atoms. The van der Waals surface area contributed by atoms with E-state index in [2.05, 4.69) is 17.4 Å². The van der Waals surface area contributed by atoms with E-state index in [4.69, 9.17) is 9.47 Å². The lowest BCUT2D eigenvalue weighted by Crippen LogP contribution is -2.48. The van der Waals surface area contributed by atoms with Crippen LogP contribution in [0.5, 0.6) is 0 Å². The van der Waals surface area contributed by atoms with Crippen molar-refractivity contribution in [3.05, 3.63) is 95.6 Å². The molecule has 1 amide bonds. The second-order valence-corrected chi connectivity index (χ2v) is 7.78. The Kier molecular flexibility index (Phi) is 6.52. The summed E-state index contributed by atoms with van der Waals surface area (Å²) in [5, 5.41) is 12.4. The zero-order valence-corrected chi connectivity index (χ0v) is 17.7. The number of hydrogen-bond donors (Lipinski definition) is 2. The van der Waals surface area contributed by atoms with Crippen molar-refractivity contribution in [1.82, 2.24) is 5.32 Å². The second-order valence-electron chi connectivity index (χ2n) is 7.78. The van der Waals surface area contributed by atoms with Gasteiger partial charge in [0, 0.05) is 5.92 Å². The van der Waals surface area contributed by atoms with Crippen molar-refractivity contribution >= 4 is 12.1 Å². The van der Waals surface area contributed by atoms with Gasteiger partial charge in [-0.25, -0.2) is 9.59 Å². The van der Waals surface area contributed by atoms with Gasteiger partial charge in [0.15, 0.2) is 6.04 Å². The lowest BCUT2D eigenvalue weighted by Gasteiger charge is -2.21. The summed E-state index contributed by atoms with van der Waals surface area (Å²) in [7, 11) is 0. The normalized spacial score (nSPS) is 14.1. The summed E-state index contributed by atoms with van der Waals surface area (Å²) < 4.78 is 10.7. The van der Waals surface area contributed by atoms with Crippen LogP contribution in [0.1, 0.15) is 29.5 Å². The van der Waals surface area contributed by atoms with E-state index in [0.717, 1.165) is 27.8 Å². The van der Waals surface area contributed by atoms with E-state index in [1.165, 1.54) is 6.92 Å². The third kappa shape index (κ3) is 4.65. The predicted molar refractivity (Wildman–Crippen MR) is 120 cm³/mol. The molecule has 2 unspecified atom stereocenters. The summed E-state index contributed by atoms with van der Waals surface area (Å²) in [6, 6.07) is 24.0. The lowest BCUT2D eigenvalue weighted by atomic mass is 9.98. The molecule has 164 valence electrons. The van der Waals surface area contributed by atoms with Crippen molar-refractivity contribution in [2.75, 3.05) is 6.61 Å². The number of nitrogens with one attached hydrogen (secondary N) is 1. The molecule has 0 saturated heterocycles. The molecule has 0 bridgehead atoms. The van der Waals surface area contributed by atoms with Crippen LogP contribution in [0.15, 0.2) is 78.9 Å². The first-order valence-corrected chi connectivity index (χ1v) is 10.5. The highest BCUT2D eigenvalue weighted by Gasteiger charge is 2.31. The van der Waals surface area contributed by atoms with Gasteiger partial charge in [0.25, 0.3) is 0 Å². The molecule has 0 saturated carbocycles. The van der Waals surface area contributed by atoms with Crippen LogP contribution in [-0.2, 0) is 20.9 Å². The van der Waals surface area contributed by atoms with E-state index in [0.29, 0.717) is 0 Å². The number of hydrogen-bond acceptors (Lipinski definition) is 5. The number of amides is 1. The molecule has 0 aliphatic heterocycles. The predicted octanol–water partition coefficient (Wildman–Crippen LogP) is 4.02. The topological polar surface area (TPSA) is 84.9 Å². The number of alkyl carbamates (subject to hydrolysis) is 1. The summed E-state index contributed by atoms with van der Waals surface area (Å²) in [6.07, 6.45) is -1.92. The molecule has 3 aromatic carbocycles. The zero-order valence-electron chi connectivity index (χ0n) is 17.7. The number of carbonyl (C=O) groups excluding carboxylic acids is 2. The molecule has 1 aliphatic rings. The minimum atomic E-state index is -1.23. The number of ether oxygens (including phenoxy) is 2. The first kappa shape index (κ1) is 21.6. The highest BCUT2D eigenvalue weighted by Crippen LogP contribution is 2.44. The van der Waals surface area contributed by atoms with E-state index in [1.807, 2.05) is 66.7 Å². The Balaban J connectivity index is 1.37. The Hall–Kier alpha value is -3.64. The van der Waals surface area contributed by atoms with Gasteiger partial charge in [0.1, 0.15) is 13.2 Å². The Morgan fingerprint density at radius 1 is 0.875 bits per heavy atom. The van der Waals surface area contributed by atoms with E-state index in [1.54, 1.807) is 0 Å². The molecule has 1 aliphatic carbocycles. The summed E-state index contributed by atoms with van der Waals surface area (Å²) in [5.74, 6) is -0.819. The van der Waals surface area contributed by atoms with Crippen LogP contribution in [0, 0.1) is 0 Å². The molecule has 4 rings (SSSR count). The quantitative estimate of drug-likeness (QED) is 0.552. The highest BCUT2D eigenvalue weighted by molar-refractivity contribution is 5.82. The lowest BCUT2D eigenvalue weighted by molar-refractivity contribution is -0.150. The maximum Gasteiger partial charge on any atom is 0.407 e. The molecule has 2 atom stereocenters. The molecule has 0 spiro atoms. The van der Waals surface area contributed by atoms with Crippen molar-refractivity contribution in [2.45, 2.75) is 31.6 Å². The molecule has 0 fully saturated rings. The summed E-state index contributed by atoms with van der Waals surface area (Å²) in [4.78, 5) is 24.9. The Bertz CT molecular complexity index is 1050. The molecule has 6 nitrogen and oxygen atoms in total. The van der Waals surface area contributed by atoms with Crippen LogP contribution < -0.4 is 5.32 Å². The molecule has 2 N–H and O–H groups in total. The van der Waals surface area contributed by atoms with Crippen molar-refractivity contribution in [3.8, 4) is 11.1 Å². The van der Waals surface area contributed by atoms with E-state index in [-0.39, 0.29) is 19.1 Å². The molecular weight excluding hydrogens is 406 g/mol. The van der Waals surface area contributed by atoms with Crippen LogP contribution in [-0.4, -0.2) is 35.9 Å². The van der Waals surface area contributed by atoms with Gasteiger partial charge >= 0.3 is 12.1 Å². The van der Waals surface area contributed by atoms with Crippen LogP contribution in [0.4, 0.5) is 4.79 Å². The van der Waals surface area contributed by atoms with Crippen molar-refractivity contribution in [3.63, 3.8) is 0 Å². The minimum Gasteiger partial charge on any atom is -0.459 e. The van der Waals surface area contributed by atoms with Crippen molar-refractivity contribution < 1.29 is 24.2 Å². The van der Waals surface area contributed by atoms with Crippen LogP contribution >= 0.6 is 0 Å². The van der Waals surface area contributed by atoms with Gasteiger partial charge in [-0.3, -0.25) is 0 Å². The highest BCUT2D eigenvalue weighted by atomic mass is 16.6. The fourth-order valence-corrected chi connectivity index (χ4v) is 3.96. The molecule has 0 radical (unpaired) electrons. The van der Waals surface area contributed by atoms with Gasteiger partial charge < -0.3 is 19.9 Å². The van der Waals surface area contributed by atoms with Crippen LogP contribution in [0.2, 0.25) is 0 Å². The van der Waals surface area contributed by atoms with Gasteiger partial charge in [-0.2, -0.15) is 0 Å². The average molecular weight is 431 g/mol. The molecular formula is C26H25NO5. The summed E-state index contributed by atoms with van der Waals surface area (Å²) >= 11 is 0. The molecule has 3 aromatic rings. The SMILES string of the molecule is CC(O)C(NC(=O)OCC1c2ccccc2-c2ccccc21)C(=O)OCc1ccccc1. The third-order valence-corrected chi connectivity index (χ3v) is 5.58. The van der Waals surface area contributed by atoms with E-state index >= 15 is 0 Å². The fourth-order valence-electron chi connectivity index (χ4n) is 3.96. The van der Waals surface area contributed by atoms with Crippen LogP contribution in [0.3, 0.4) is 0 Å². The van der Waals surface area contributed by atoms with Gasteiger partial charge in [-0.05, 0) is 34.7 Å². The monoisotopic (exact) mass is 431 g/mol. The van der Waals surface area contributed by atoms with Crippen molar-refractivity contribution in [2.24, 2.45) is 0 Å². The summed E-state index contributed by atoms with van der Waals surface area (Å²) in [5.41, 5.74) is 5.25. The number of rotatable bonds is 7. The minimum absolute atomic E-state index is 0.0509. The number of benzene rings is 3. The molecule has 0 heterocycles. The fraction of sp³-hybridized carbons (Fsp3) is 0.231. The Morgan fingerprint density at radius 2 is 1.44 bits per heavy atom. The number of aliphatic hydroxyl groups excluding tert-OH is 1. The van der Waals surface area contributed by atoms with E-state index < -0.39 is 24.2 Å².